The number of hydrogen-bond donors (Lipinski definition) is 1. The zero-order valence-corrected chi connectivity index (χ0v) is 10.9. The van der Waals surface area contributed by atoms with Gasteiger partial charge in [0.2, 0.25) is 0 Å². The minimum atomic E-state index is 0.334. The van der Waals surface area contributed by atoms with Crippen LogP contribution in [-0.2, 0) is 4.74 Å². The van der Waals surface area contributed by atoms with Crippen LogP contribution in [0, 0.1) is 12.8 Å². The molecular formula is C14H22N2O. The molecule has 2 rings (SSSR count). The van der Waals surface area contributed by atoms with Crippen LogP contribution in [-0.4, -0.2) is 24.2 Å². The van der Waals surface area contributed by atoms with E-state index in [-0.39, 0.29) is 0 Å². The molecule has 1 aliphatic rings. The first-order chi connectivity index (χ1) is 8.22. The van der Waals surface area contributed by atoms with Crippen LogP contribution in [0.15, 0.2) is 18.3 Å². The lowest BCUT2D eigenvalue weighted by molar-refractivity contribution is 0.0955. The van der Waals surface area contributed by atoms with Crippen LogP contribution in [0.5, 0.6) is 0 Å². The van der Waals surface area contributed by atoms with E-state index < -0.39 is 0 Å². The van der Waals surface area contributed by atoms with Crippen molar-refractivity contribution in [3.63, 3.8) is 0 Å². The Hall–Kier alpha value is -0.930. The van der Waals surface area contributed by atoms with Gasteiger partial charge in [0.1, 0.15) is 0 Å². The Kier molecular flexibility index (Phi) is 4.13. The van der Waals surface area contributed by atoms with Crippen LogP contribution in [0.3, 0.4) is 0 Å². The summed E-state index contributed by atoms with van der Waals surface area (Å²) in [5.41, 5.74) is 2.35. The summed E-state index contributed by atoms with van der Waals surface area (Å²) in [5.74, 6) is 0.555. The molecule has 1 aliphatic heterocycles. The fourth-order valence-electron chi connectivity index (χ4n) is 2.59. The minimum absolute atomic E-state index is 0.334. The standard InChI is InChI=1S/C14H22N2O/c1-4-15-14(13-7-8-17-11(13)3)12-6-5-10(2)16-9-12/h5-6,9,11,13-15H,4,7-8H2,1-3H3. The maximum Gasteiger partial charge on any atom is 0.0594 e. The molecule has 3 atom stereocenters. The van der Waals surface area contributed by atoms with E-state index in [1.54, 1.807) is 0 Å². The molecule has 0 saturated carbocycles. The molecule has 3 nitrogen and oxygen atoms in total. The van der Waals surface area contributed by atoms with Crippen molar-refractivity contribution in [1.29, 1.82) is 0 Å². The number of aromatic nitrogens is 1. The van der Waals surface area contributed by atoms with Gasteiger partial charge in [-0.05, 0) is 38.4 Å². The highest BCUT2D eigenvalue weighted by atomic mass is 16.5. The van der Waals surface area contributed by atoms with Gasteiger partial charge in [0, 0.05) is 30.5 Å². The summed E-state index contributed by atoms with van der Waals surface area (Å²) in [6.07, 6.45) is 3.46. The Balaban J connectivity index is 2.18. The number of hydrogen-bond acceptors (Lipinski definition) is 3. The molecule has 1 N–H and O–H groups in total. The Morgan fingerprint density at radius 3 is 2.88 bits per heavy atom. The average molecular weight is 234 g/mol. The Labute approximate surface area is 104 Å². The van der Waals surface area contributed by atoms with Crippen molar-refractivity contribution in [3.05, 3.63) is 29.6 Å². The lowest BCUT2D eigenvalue weighted by atomic mass is 9.89. The van der Waals surface area contributed by atoms with Crippen LogP contribution in [0.4, 0.5) is 0 Å². The van der Waals surface area contributed by atoms with Crippen LogP contribution >= 0.6 is 0 Å². The van der Waals surface area contributed by atoms with Gasteiger partial charge in [-0.3, -0.25) is 4.98 Å². The zero-order chi connectivity index (χ0) is 12.3. The first-order valence-corrected chi connectivity index (χ1v) is 6.50. The van der Waals surface area contributed by atoms with E-state index in [0.29, 0.717) is 18.1 Å². The molecule has 0 bridgehead atoms. The summed E-state index contributed by atoms with van der Waals surface area (Å²) in [6, 6.07) is 4.63. The number of aryl methyl sites for hydroxylation is 1. The van der Waals surface area contributed by atoms with Gasteiger partial charge < -0.3 is 10.1 Å². The quantitative estimate of drug-likeness (QED) is 0.869. The predicted octanol–water partition coefficient (Wildman–Crippen LogP) is 2.47. The maximum atomic E-state index is 5.68. The highest BCUT2D eigenvalue weighted by Gasteiger charge is 2.32. The number of nitrogens with one attached hydrogen (secondary N) is 1. The molecule has 3 unspecified atom stereocenters. The van der Waals surface area contributed by atoms with Crippen molar-refractivity contribution in [1.82, 2.24) is 10.3 Å². The van der Waals surface area contributed by atoms with E-state index in [4.69, 9.17) is 4.74 Å². The fourth-order valence-corrected chi connectivity index (χ4v) is 2.59. The fraction of sp³-hybridized carbons (Fsp3) is 0.643. The van der Waals surface area contributed by atoms with E-state index in [1.807, 2.05) is 13.1 Å². The summed E-state index contributed by atoms with van der Waals surface area (Å²) >= 11 is 0. The van der Waals surface area contributed by atoms with Gasteiger partial charge in [-0.25, -0.2) is 0 Å². The molecule has 0 radical (unpaired) electrons. The second-order valence-corrected chi connectivity index (χ2v) is 4.80. The van der Waals surface area contributed by atoms with Gasteiger partial charge in [0.15, 0.2) is 0 Å². The van der Waals surface area contributed by atoms with Crippen LogP contribution in [0.1, 0.15) is 37.6 Å². The molecule has 1 fully saturated rings. The lowest BCUT2D eigenvalue weighted by Gasteiger charge is -2.26. The summed E-state index contributed by atoms with van der Waals surface area (Å²) < 4.78 is 5.68. The largest absolute Gasteiger partial charge is 0.378 e. The topological polar surface area (TPSA) is 34.2 Å². The molecule has 0 spiro atoms. The zero-order valence-electron chi connectivity index (χ0n) is 10.9. The molecule has 1 aromatic rings. The molecule has 17 heavy (non-hydrogen) atoms. The smallest absolute Gasteiger partial charge is 0.0594 e. The van der Waals surface area contributed by atoms with E-state index in [0.717, 1.165) is 25.3 Å². The third-order valence-electron chi connectivity index (χ3n) is 3.58. The highest BCUT2D eigenvalue weighted by Crippen LogP contribution is 2.32. The third-order valence-corrected chi connectivity index (χ3v) is 3.58. The van der Waals surface area contributed by atoms with Gasteiger partial charge in [0.25, 0.3) is 0 Å². The van der Waals surface area contributed by atoms with Crippen LogP contribution in [0.25, 0.3) is 0 Å². The number of pyridine rings is 1. The van der Waals surface area contributed by atoms with Crippen molar-refractivity contribution < 1.29 is 4.74 Å². The van der Waals surface area contributed by atoms with Gasteiger partial charge in [-0.1, -0.05) is 13.0 Å². The summed E-state index contributed by atoms with van der Waals surface area (Å²) in [7, 11) is 0. The first-order valence-electron chi connectivity index (χ1n) is 6.50. The lowest BCUT2D eigenvalue weighted by Crippen LogP contribution is -2.31. The Bertz CT molecular complexity index is 350. The summed E-state index contributed by atoms with van der Waals surface area (Å²) in [4.78, 5) is 4.40. The second-order valence-electron chi connectivity index (χ2n) is 4.80. The number of nitrogens with zero attached hydrogens (tertiary/aromatic N) is 1. The number of ether oxygens (including phenoxy) is 1. The second kappa shape index (κ2) is 5.61. The maximum absolute atomic E-state index is 5.68. The first kappa shape index (κ1) is 12.5. The van der Waals surface area contributed by atoms with Gasteiger partial charge >= 0.3 is 0 Å². The molecule has 1 aromatic heterocycles. The van der Waals surface area contributed by atoms with Crippen LogP contribution in [0.2, 0.25) is 0 Å². The highest BCUT2D eigenvalue weighted by molar-refractivity contribution is 5.18. The molecule has 3 heteroatoms. The monoisotopic (exact) mass is 234 g/mol. The summed E-state index contributed by atoms with van der Waals surface area (Å²) in [5, 5.41) is 3.57. The molecule has 2 heterocycles. The molecular weight excluding hydrogens is 212 g/mol. The third kappa shape index (κ3) is 2.85. The predicted molar refractivity (Wildman–Crippen MR) is 68.9 cm³/mol. The SMILES string of the molecule is CCNC(c1ccc(C)nc1)C1CCOC1C. The molecule has 0 amide bonds. The van der Waals surface area contributed by atoms with Crippen molar-refractivity contribution >= 4 is 0 Å². The van der Waals surface area contributed by atoms with Gasteiger partial charge in [-0.15, -0.1) is 0 Å². The van der Waals surface area contributed by atoms with E-state index in [9.17, 15) is 0 Å². The number of rotatable bonds is 4. The Morgan fingerprint density at radius 1 is 1.53 bits per heavy atom. The molecule has 1 saturated heterocycles. The van der Waals surface area contributed by atoms with Crippen molar-refractivity contribution in [2.24, 2.45) is 5.92 Å². The normalized spacial score (nSPS) is 26.1. The van der Waals surface area contributed by atoms with Gasteiger partial charge in [-0.2, -0.15) is 0 Å². The van der Waals surface area contributed by atoms with E-state index in [1.165, 1.54) is 5.56 Å². The molecule has 0 aliphatic carbocycles. The molecule has 94 valence electrons. The average Bonchev–Trinajstić information content (AvgIpc) is 2.74. The summed E-state index contributed by atoms with van der Waals surface area (Å²) in [6.45, 7) is 8.20. The Morgan fingerprint density at radius 2 is 2.35 bits per heavy atom. The van der Waals surface area contributed by atoms with Crippen LogP contribution < -0.4 is 5.32 Å². The van der Waals surface area contributed by atoms with Crippen molar-refractivity contribution in [3.8, 4) is 0 Å². The van der Waals surface area contributed by atoms with Crippen molar-refractivity contribution in [2.75, 3.05) is 13.2 Å². The van der Waals surface area contributed by atoms with E-state index >= 15 is 0 Å². The van der Waals surface area contributed by atoms with Crippen molar-refractivity contribution in [2.45, 2.75) is 39.3 Å². The minimum Gasteiger partial charge on any atom is -0.378 e. The molecule has 0 aromatic carbocycles. The van der Waals surface area contributed by atoms with Gasteiger partial charge in [0.05, 0.1) is 6.10 Å². The van der Waals surface area contributed by atoms with E-state index in [2.05, 4.69) is 36.3 Å².